The molecular formula is C12H26N4O2S. The summed E-state index contributed by atoms with van der Waals surface area (Å²) < 4.78 is 25.2. The molecular weight excluding hydrogens is 264 g/mol. The van der Waals surface area contributed by atoms with E-state index in [0.29, 0.717) is 6.54 Å². The van der Waals surface area contributed by atoms with Crippen molar-refractivity contribution in [2.24, 2.45) is 4.99 Å². The molecule has 1 rings (SSSR count). The Hall–Kier alpha value is -0.820. The van der Waals surface area contributed by atoms with Crippen LogP contribution in [0.2, 0.25) is 0 Å². The smallest absolute Gasteiger partial charge is 0.209 e. The van der Waals surface area contributed by atoms with Gasteiger partial charge < -0.3 is 10.2 Å². The third-order valence-electron chi connectivity index (χ3n) is 2.83. The second kappa shape index (κ2) is 6.56. The van der Waals surface area contributed by atoms with Crippen LogP contribution in [0.1, 0.15) is 33.6 Å². The molecule has 0 spiro atoms. The van der Waals surface area contributed by atoms with Crippen LogP contribution in [0.15, 0.2) is 4.99 Å². The Bertz CT molecular complexity index is 411. The van der Waals surface area contributed by atoms with Crippen LogP contribution < -0.4 is 10.0 Å². The summed E-state index contributed by atoms with van der Waals surface area (Å²) in [6.45, 7) is 8.98. The zero-order valence-electron chi connectivity index (χ0n) is 12.4. The molecule has 19 heavy (non-hydrogen) atoms. The van der Waals surface area contributed by atoms with Gasteiger partial charge in [-0.25, -0.2) is 13.1 Å². The van der Waals surface area contributed by atoms with Gasteiger partial charge in [-0.3, -0.25) is 4.99 Å². The van der Waals surface area contributed by atoms with Crippen molar-refractivity contribution in [2.75, 3.05) is 32.4 Å². The van der Waals surface area contributed by atoms with E-state index < -0.39 is 15.6 Å². The van der Waals surface area contributed by atoms with E-state index in [9.17, 15) is 8.42 Å². The first-order valence-electron chi connectivity index (χ1n) is 6.76. The topological polar surface area (TPSA) is 73.8 Å². The molecule has 0 radical (unpaired) electrons. The molecule has 0 atom stereocenters. The molecule has 0 saturated carbocycles. The van der Waals surface area contributed by atoms with Gasteiger partial charge in [-0.1, -0.05) is 0 Å². The first kappa shape index (κ1) is 16.2. The van der Waals surface area contributed by atoms with E-state index in [4.69, 9.17) is 0 Å². The number of rotatable bonds is 5. The number of likely N-dealkylation sites (tertiary alicyclic amines) is 1. The second-order valence-electron chi connectivity index (χ2n) is 5.62. The number of nitrogens with zero attached hydrogens (tertiary/aromatic N) is 2. The Kier molecular flexibility index (Phi) is 5.61. The maximum absolute atomic E-state index is 11.3. The maximum Gasteiger partial charge on any atom is 0.209 e. The Labute approximate surface area is 116 Å². The molecule has 0 aromatic heterocycles. The van der Waals surface area contributed by atoms with Crippen LogP contribution >= 0.6 is 0 Å². The van der Waals surface area contributed by atoms with E-state index in [1.54, 1.807) is 0 Å². The minimum Gasteiger partial charge on any atom is -0.357 e. The van der Waals surface area contributed by atoms with Gasteiger partial charge in [-0.05, 0) is 33.6 Å². The third-order valence-corrected chi connectivity index (χ3v) is 3.75. The standard InChI is InChI=1S/C12H26N4O2S/c1-5-13-11(16-8-6-7-9-16)14-10-12(2,3)15-19(4,17)18/h15H,5-10H2,1-4H3,(H,13,14). The molecule has 7 heteroatoms. The van der Waals surface area contributed by atoms with Gasteiger partial charge in [0.15, 0.2) is 5.96 Å². The summed E-state index contributed by atoms with van der Waals surface area (Å²) in [5.41, 5.74) is -0.575. The highest BCUT2D eigenvalue weighted by atomic mass is 32.2. The quantitative estimate of drug-likeness (QED) is 0.567. The van der Waals surface area contributed by atoms with Crippen LogP contribution in [0, 0.1) is 0 Å². The maximum atomic E-state index is 11.3. The van der Waals surface area contributed by atoms with Crippen LogP contribution in [0.3, 0.4) is 0 Å². The molecule has 1 saturated heterocycles. The van der Waals surface area contributed by atoms with Gasteiger partial charge in [0.1, 0.15) is 0 Å². The summed E-state index contributed by atoms with van der Waals surface area (Å²) in [5, 5.41) is 3.26. The lowest BCUT2D eigenvalue weighted by Gasteiger charge is -2.26. The van der Waals surface area contributed by atoms with E-state index in [-0.39, 0.29) is 0 Å². The molecule has 2 N–H and O–H groups in total. The molecule has 0 amide bonds. The average molecular weight is 290 g/mol. The minimum atomic E-state index is -3.21. The van der Waals surface area contributed by atoms with Crippen LogP contribution in [-0.4, -0.2) is 57.3 Å². The van der Waals surface area contributed by atoms with Crippen LogP contribution in [0.25, 0.3) is 0 Å². The molecule has 0 bridgehead atoms. The van der Waals surface area contributed by atoms with E-state index in [1.165, 1.54) is 19.1 Å². The molecule has 1 aliphatic heterocycles. The molecule has 1 fully saturated rings. The highest BCUT2D eigenvalue weighted by Gasteiger charge is 2.23. The van der Waals surface area contributed by atoms with Crippen molar-refractivity contribution in [3.8, 4) is 0 Å². The summed E-state index contributed by atoms with van der Waals surface area (Å²) in [5.74, 6) is 0.878. The van der Waals surface area contributed by atoms with E-state index in [2.05, 4.69) is 19.9 Å². The number of sulfonamides is 1. The van der Waals surface area contributed by atoms with E-state index in [0.717, 1.165) is 25.6 Å². The molecule has 6 nitrogen and oxygen atoms in total. The van der Waals surface area contributed by atoms with Crippen molar-refractivity contribution in [2.45, 2.75) is 39.2 Å². The summed E-state index contributed by atoms with van der Waals surface area (Å²) >= 11 is 0. The van der Waals surface area contributed by atoms with Gasteiger partial charge in [-0.15, -0.1) is 0 Å². The fraction of sp³-hybridized carbons (Fsp3) is 0.917. The highest BCUT2D eigenvalue weighted by Crippen LogP contribution is 2.09. The molecule has 0 aromatic carbocycles. The number of aliphatic imine (C=N–C) groups is 1. The number of guanidine groups is 1. The van der Waals surface area contributed by atoms with Crippen molar-refractivity contribution in [1.29, 1.82) is 0 Å². The van der Waals surface area contributed by atoms with E-state index in [1.807, 2.05) is 20.8 Å². The lowest BCUT2D eigenvalue weighted by molar-refractivity contribution is 0.451. The number of nitrogens with one attached hydrogen (secondary N) is 2. The van der Waals surface area contributed by atoms with Crippen molar-refractivity contribution in [1.82, 2.24) is 14.9 Å². The number of hydrogen-bond donors (Lipinski definition) is 2. The minimum absolute atomic E-state index is 0.416. The van der Waals surface area contributed by atoms with Gasteiger partial charge >= 0.3 is 0 Å². The largest absolute Gasteiger partial charge is 0.357 e. The van der Waals surface area contributed by atoms with Gasteiger partial charge in [0.2, 0.25) is 10.0 Å². The SMILES string of the molecule is CCNC(=NCC(C)(C)NS(C)(=O)=O)N1CCCC1. The van der Waals surface area contributed by atoms with Crippen molar-refractivity contribution < 1.29 is 8.42 Å². The first-order valence-corrected chi connectivity index (χ1v) is 8.65. The summed E-state index contributed by atoms with van der Waals surface area (Å²) in [4.78, 5) is 6.78. The lowest BCUT2D eigenvalue weighted by Crippen LogP contribution is -2.47. The Balaban J connectivity index is 2.68. The van der Waals surface area contributed by atoms with Crippen molar-refractivity contribution in [3.63, 3.8) is 0 Å². The Morgan fingerprint density at radius 2 is 1.89 bits per heavy atom. The fourth-order valence-electron chi connectivity index (χ4n) is 2.16. The predicted molar refractivity (Wildman–Crippen MR) is 78.8 cm³/mol. The Morgan fingerprint density at radius 3 is 2.37 bits per heavy atom. The molecule has 0 aliphatic carbocycles. The zero-order valence-corrected chi connectivity index (χ0v) is 13.2. The fourth-order valence-corrected chi connectivity index (χ4v) is 3.23. The first-order chi connectivity index (χ1) is 8.73. The molecule has 112 valence electrons. The average Bonchev–Trinajstić information content (AvgIpc) is 2.73. The van der Waals surface area contributed by atoms with Gasteiger partial charge in [0.05, 0.1) is 12.8 Å². The van der Waals surface area contributed by atoms with Gasteiger partial charge in [0.25, 0.3) is 0 Å². The number of hydrogen-bond acceptors (Lipinski definition) is 3. The zero-order chi connectivity index (χ0) is 14.5. The second-order valence-corrected chi connectivity index (χ2v) is 7.37. The van der Waals surface area contributed by atoms with Crippen LogP contribution in [0.4, 0.5) is 0 Å². The molecule has 1 aliphatic rings. The van der Waals surface area contributed by atoms with Crippen molar-refractivity contribution in [3.05, 3.63) is 0 Å². The Morgan fingerprint density at radius 1 is 1.32 bits per heavy atom. The van der Waals surface area contributed by atoms with Gasteiger partial charge in [0, 0.05) is 25.2 Å². The summed E-state index contributed by atoms with van der Waals surface area (Å²) in [7, 11) is -3.21. The van der Waals surface area contributed by atoms with Crippen LogP contribution in [0.5, 0.6) is 0 Å². The molecule has 0 aromatic rings. The van der Waals surface area contributed by atoms with Gasteiger partial charge in [-0.2, -0.15) is 0 Å². The lowest BCUT2D eigenvalue weighted by atomic mass is 10.1. The normalized spacial score (nSPS) is 17.9. The summed E-state index contributed by atoms with van der Waals surface area (Å²) in [6, 6.07) is 0. The molecule has 0 unspecified atom stereocenters. The third kappa shape index (κ3) is 6.24. The predicted octanol–water partition coefficient (Wildman–Crippen LogP) is 0.376. The summed E-state index contributed by atoms with van der Waals surface area (Å²) in [6.07, 6.45) is 3.55. The van der Waals surface area contributed by atoms with Crippen LogP contribution in [-0.2, 0) is 10.0 Å². The molecule has 1 heterocycles. The highest BCUT2D eigenvalue weighted by molar-refractivity contribution is 7.88. The monoisotopic (exact) mass is 290 g/mol. The van der Waals surface area contributed by atoms with E-state index >= 15 is 0 Å². The van der Waals surface area contributed by atoms with Crippen molar-refractivity contribution >= 4 is 16.0 Å².